The Hall–Kier alpha value is -1.68. The van der Waals surface area contributed by atoms with Crippen molar-refractivity contribution in [2.45, 2.75) is 19.9 Å². The Balaban J connectivity index is 2.31. The standard InChI is InChI=1S/C11H14N4/c1-8-5-14-15(7-8)10-3-4-11(9(2)12)13-6-10/h3-7,9H,12H2,1-2H3/t9-/m1/s1. The molecule has 4 nitrogen and oxygen atoms in total. The van der Waals surface area contributed by atoms with E-state index in [0.29, 0.717) is 0 Å². The van der Waals surface area contributed by atoms with E-state index in [9.17, 15) is 0 Å². The molecule has 0 bridgehead atoms. The van der Waals surface area contributed by atoms with E-state index in [0.717, 1.165) is 16.9 Å². The van der Waals surface area contributed by atoms with E-state index >= 15 is 0 Å². The Labute approximate surface area is 88.8 Å². The zero-order chi connectivity index (χ0) is 10.8. The largest absolute Gasteiger partial charge is 0.323 e. The summed E-state index contributed by atoms with van der Waals surface area (Å²) in [4.78, 5) is 4.28. The molecule has 15 heavy (non-hydrogen) atoms. The molecule has 0 unspecified atom stereocenters. The summed E-state index contributed by atoms with van der Waals surface area (Å²) in [6.07, 6.45) is 5.56. The van der Waals surface area contributed by atoms with Gasteiger partial charge in [-0.3, -0.25) is 4.98 Å². The van der Waals surface area contributed by atoms with E-state index in [1.807, 2.05) is 38.4 Å². The van der Waals surface area contributed by atoms with Crippen LogP contribution in [0.1, 0.15) is 24.2 Å². The first kappa shape index (κ1) is 9.86. The Kier molecular flexibility index (Phi) is 2.51. The number of aryl methyl sites for hydroxylation is 1. The van der Waals surface area contributed by atoms with E-state index in [1.165, 1.54) is 0 Å². The van der Waals surface area contributed by atoms with Gasteiger partial charge in [0.25, 0.3) is 0 Å². The normalized spacial score (nSPS) is 12.7. The third-order valence-corrected chi connectivity index (χ3v) is 2.21. The van der Waals surface area contributed by atoms with Crippen LogP contribution in [0.2, 0.25) is 0 Å². The predicted octanol–water partition coefficient (Wildman–Crippen LogP) is 1.60. The van der Waals surface area contributed by atoms with Crippen molar-refractivity contribution in [3.63, 3.8) is 0 Å². The summed E-state index contributed by atoms with van der Waals surface area (Å²) < 4.78 is 1.80. The van der Waals surface area contributed by atoms with Crippen LogP contribution in [0.3, 0.4) is 0 Å². The van der Waals surface area contributed by atoms with Crippen LogP contribution in [-0.4, -0.2) is 14.8 Å². The maximum atomic E-state index is 5.72. The van der Waals surface area contributed by atoms with Gasteiger partial charge in [-0.25, -0.2) is 4.68 Å². The summed E-state index contributed by atoms with van der Waals surface area (Å²) in [5.74, 6) is 0. The van der Waals surface area contributed by atoms with Crippen molar-refractivity contribution >= 4 is 0 Å². The van der Waals surface area contributed by atoms with Gasteiger partial charge in [-0.05, 0) is 31.5 Å². The van der Waals surface area contributed by atoms with Crippen LogP contribution in [0, 0.1) is 6.92 Å². The lowest BCUT2D eigenvalue weighted by Gasteiger charge is -2.05. The van der Waals surface area contributed by atoms with E-state index in [4.69, 9.17) is 5.73 Å². The Morgan fingerprint density at radius 3 is 2.60 bits per heavy atom. The number of pyridine rings is 1. The fraction of sp³-hybridized carbons (Fsp3) is 0.273. The second-order valence-corrected chi connectivity index (χ2v) is 3.69. The summed E-state index contributed by atoms with van der Waals surface area (Å²) >= 11 is 0. The van der Waals surface area contributed by atoms with Crippen LogP contribution < -0.4 is 5.73 Å². The predicted molar refractivity (Wildman–Crippen MR) is 58.7 cm³/mol. The molecule has 0 saturated carbocycles. The summed E-state index contributed by atoms with van der Waals surface area (Å²) in [6.45, 7) is 3.92. The molecule has 2 N–H and O–H groups in total. The van der Waals surface area contributed by atoms with Gasteiger partial charge in [0.2, 0.25) is 0 Å². The van der Waals surface area contributed by atoms with Crippen molar-refractivity contribution in [3.05, 3.63) is 42.0 Å². The van der Waals surface area contributed by atoms with Crippen molar-refractivity contribution in [1.29, 1.82) is 0 Å². The second-order valence-electron chi connectivity index (χ2n) is 3.69. The monoisotopic (exact) mass is 202 g/mol. The molecule has 78 valence electrons. The zero-order valence-electron chi connectivity index (χ0n) is 8.88. The minimum absolute atomic E-state index is 0.0293. The Bertz CT molecular complexity index is 442. The lowest BCUT2D eigenvalue weighted by Crippen LogP contribution is -2.07. The van der Waals surface area contributed by atoms with Crippen LogP contribution in [0.4, 0.5) is 0 Å². The zero-order valence-corrected chi connectivity index (χ0v) is 8.88. The van der Waals surface area contributed by atoms with Gasteiger partial charge in [-0.2, -0.15) is 5.10 Å². The molecular formula is C11H14N4. The minimum atomic E-state index is -0.0293. The molecule has 0 amide bonds. The number of hydrogen-bond donors (Lipinski definition) is 1. The molecule has 4 heteroatoms. The van der Waals surface area contributed by atoms with Crippen LogP contribution in [0.5, 0.6) is 0 Å². The summed E-state index contributed by atoms with van der Waals surface area (Å²) in [5, 5.41) is 4.21. The highest BCUT2D eigenvalue weighted by atomic mass is 15.3. The SMILES string of the molecule is Cc1cnn(-c2ccc([C@@H](C)N)nc2)c1. The van der Waals surface area contributed by atoms with Gasteiger partial charge in [0.1, 0.15) is 0 Å². The molecule has 0 aliphatic rings. The molecule has 0 fully saturated rings. The lowest BCUT2D eigenvalue weighted by molar-refractivity contribution is 0.775. The highest BCUT2D eigenvalue weighted by Crippen LogP contribution is 2.10. The van der Waals surface area contributed by atoms with Gasteiger partial charge in [0, 0.05) is 12.2 Å². The van der Waals surface area contributed by atoms with Crippen LogP contribution in [0.25, 0.3) is 5.69 Å². The van der Waals surface area contributed by atoms with Gasteiger partial charge >= 0.3 is 0 Å². The maximum Gasteiger partial charge on any atom is 0.0829 e. The number of nitrogens with zero attached hydrogens (tertiary/aromatic N) is 3. The van der Waals surface area contributed by atoms with Crippen molar-refractivity contribution in [2.75, 3.05) is 0 Å². The smallest absolute Gasteiger partial charge is 0.0829 e. The van der Waals surface area contributed by atoms with E-state index in [1.54, 1.807) is 10.9 Å². The van der Waals surface area contributed by atoms with E-state index < -0.39 is 0 Å². The maximum absolute atomic E-state index is 5.72. The third-order valence-electron chi connectivity index (χ3n) is 2.21. The van der Waals surface area contributed by atoms with Crippen molar-refractivity contribution < 1.29 is 0 Å². The summed E-state index contributed by atoms with van der Waals surface area (Å²) in [6, 6.07) is 3.87. The molecule has 2 aromatic heterocycles. The van der Waals surface area contributed by atoms with Gasteiger partial charge in [0.05, 0.1) is 23.8 Å². The summed E-state index contributed by atoms with van der Waals surface area (Å²) in [5.41, 5.74) is 8.70. The van der Waals surface area contributed by atoms with Crippen LogP contribution in [-0.2, 0) is 0 Å². The molecule has 0 spiro atoms. The summed E-state index contributed by atoms with van der Waals surface area (Å²) in [7, 11) is 0. The molecule has 1 atom stereocenters. The Morgan fingerprint density at radius 2 is 2.13 bits per heavy atom. The van der Waals surface area contributed by atoms with E-state index in [2.05, 4.69) is 10.1 Å². The first-order valence-electron chi connectivity index (χ1n) is 4.90. The molecule has 0 radical (unpaired) electrons. The third kappa shape index (κ3) is 2.05. The molecule has 0 aromatic carbocycles. The fourth-order valence-electron chi connectivity index (χ4n) is 1.36. The van der Waals surface area contributed by atoms with Gasteiger partial charge in [0.15, 0.2) is 0 Å². The highest BCUT2D eigenvalue weighted by molar-refractivity contribution is 5.29. The molecule has 2 heterocycles. The van der Waals surface area contributed by atoms with Crippen molar-refractivity contribution in [2.24, 2.45) is 5.73 Å². The number of aromatic nitrogens is 3. The highest BCUT2D eigenvalue weighted by Gasteiger charge is 2.02. The van der Waals surface area contributed by atoms with E-state index in [-0.39, 0.29) is 6.04 Å². The Morgan fingerprint density at radius 1 is 1.33 bits per heavy atom. The molecule has 2 rings (SSSR count). The van der Waals surface area contributed by atoms with Gasteiger partial charge in [-0.1, -0.05) is 0 Å². The average molecular weight is 202 g/mol. The lowest BCUT2D eigenvalue weighted by atomic mass is 10.2. The first-order valence-corrected chi connectivity index (χ1v) is 4.90. The number of rotatable bonds is 2. The second kappa shape index (κ2) is 3.82. The number of nitrogens with two attached hydrogens (primary N) is 1. The first-order chi connectivity index (χ1) is 7.16. The minimum Gasteiger partial charge on any atom is -0.323 e. The van der Waals surface area contributed by atoms with Gasteiger partial charge < -0.3 is 5.73 Å². The van der Waals surface area contributed by atoms with Crippen molar-refractivity contribution in [3.8, 4) is 5.69 Å². The average Bonchev–Trinajstić information content (AvgIpc) is 2.65. The molecule has 2 aromatic rings. The number of hydrogen-bond acceptors (Lipinski definition) is 3. The quantitative estimate of drug-likeness (QED) is 0.804. The molecular weight excluding hydrogens is 188 g/mol. The van der Waals surface area contributed by atoms with Crippen molar-refractivity contribution in [1.82, 2.24) is 14.8 Å². The fourth-order valence-corrected chi connectivity index (χ4v) is 1.36. The van der Waals surface area contributed by atoms with Gasteiger partial charge in [-0.15, -0.1) is 0 Å². The molecule has 0 aliphatic heterocycles. The van der Waals surface area contributed by atoms with Crippen LogP contribution >= 0.6 is 0 Å². The molecule has 0 saturated heterocycles. The van der Waals surface area contributed by atoms with Crippen LogP contribution in [0.15, 0.2) is 30.7 Å². The topological polar surface area (TPSA) is 56.7 Å². The molecule has 0 aliphatic carbocycles.